The van der Waals surface area contributed by atoms with Gasteiger partial charge in [0.2, 0.25) is 0 Å². The van der Waals surface area contributed by atoms with Crippen LogP contribution in [0.25, 0.3) is 0 Å². The van der Waals surface area contributed by atoms with Gasteiger partial charge >= 0.3 is 12.0 Å². The molecule has 2 N–H and O–H groups in total. The Morgan fingerprint density at radius 2 is 1.95 bits per heavy atom. The van der Waals surface area contributed by atoms with Gasteiger partial charge in [0.15, 0.2) is 0 Å². The van der Waals surface area contributed by atoms with E-state index in [1.807, 2.05) is 11.2 Å². The molecular formula is C12H23N3O3S. The molecule has 2 amide bonds. The van der Waals surface area contributed by atoms with Crippen LogP contribution in [0.15, 0.2) is 0 Å². The molecule has 1 aliphatic rings. The van der Waals surface area contributed by atoms with Crippen molar-refractivity contribution in [2.24, 2.45) is 0 Å². The van der Waals surface area contributed by atoms with E-state index in [-0.39, 0.29) is 6.03 Å². The minimum absolute atomic E-state index is 0.0382. The van der Waals surface area contributed by atoms with Gasteiger partial charge in [-0.15, -0.1) is 0 Å². The van der Waals surface area contributed by atoms with E-state index in [9.17, 15) is 9.59 Å². The van der Waals surface area contributed by atoms with Crippen LogP contribution in [0.5, 0.6) is 0 Å². The van der Waals surface area contributed by atoms with Crippen molar-refractivity contribution in [2.45, 2.75) is 19.4 Å². The van der Waals surface area contributed by atoms with Crippen LogP contribution >= 0.6 is 11.8 Å². The van der Waals surface area contributed by atoms with Crippen molar-refractivity contribution in [3.8, 4) is 0 Å². The highest BCUT2D eigenvalue weighted by Crippen LogP contribution is 2.06. The number of nitrogens with one attached hydrogen (secondary N) is 1. The number of hydrogen-bond acceptors (Lipinski definition) is 4. The van der Waals surface area contributed by atoms with Gasteiger partial charge in [-0.25, -0.2) is 4.79 Å². The standard InChI is InChI=1S/C12H23N3O3S/c1-10(11(16)17)14-5-7-15(8-6-14)12(18)13-4-3-9-19-2/h10H,3-9H2,1-2H3,(H,13,18)(H,16,17). The maximum absolute atomic E-state index is 11.8. The highest BCUT2D eigenvalue weighted by atomic mass is 32.2. The predicted molar refractivity (Wildman–Crippen MR) is 76.6 cm³/mol. The zero-order valence-corrected chi connectivity index (χ0v) is 12.4. The summed E-state index contributed by atoms with van der Waals surface area (Å²) < 4.78 is 0. The molecule has 0 aliphatic carbocycles. The first-order chi connectivity index (χ1) is 9.06. The third-order valence-corrected chi connectivity index (χ3v) is 4.00. The van der Waals surface area contributed by atoms with E-state index in [1.165, 1.54) is 0 Å². The number of carbonyl (C=O) groups excluding carboxylic acids is 1. The van der Waals surface area contributed by atoms with Crippen LogP contribution in [0.2, 0.25) is 0 Å². The summed E-state index contributed by atoms with van der Waals surface area (Å²) in [5, 5.41) is 11.8. The van der Waals surface area contributed by atoms with Gasteiger partial charge in [0, 0.05) is 32.7 Å². The zero-order valence-electron chi connectivity index (χ0n) is 11.6. The molecule has 0 aromatic heterocycles. The van der Waals surface area contributed by atoms with Gasteiger partial charge in [0.25, 0.3) is 0 Å². The average Bonchev–Trinajstić information content (AvgIpc) is 2.42. The molecule has 0 spiro atoms. The fourth-order valence-electron chi connectivity index (χ4n) is 1.99. The van der Waals surface area contributed by atoms with Crippen molar-refractivity contribution in [2.75, 3.05) is 44.7 Å². The monoisotopic (exact) mass is 289 g/mol. The molecule has 0 aromatic rings. The SMILES string of the molecule is CSCCCNC(=O)N1CCN(C(C)C(=O)O)CC1. The first-order valence-corrected chi connectivity index (χ1v) is 7.94. The van der Waals surface area contributed by atoms with Crippen molar-refractivity contribution in [3.05, 3.63) is 0 Å². The maximum Gasteiger partial charge on any atom is 0.320 e. The molecule has 110 valence electrons. The topological polar surface area (TPSA) is 72.9 Å². The molecule has 1 unspecified atom stereocenters. The molecule has 6 nitrogen and oxygen atoms in total. The van der Waals surface area contributed by atoms with E-state index in [4.69, 9.17) is 5.11 Å². The van der Waals surface area contributed by atoms with Crippen molar-refractivity contribution < 1.29 is 14.7 Å². The maximum atomic E-state index is 11.8. The quantitative estimate of drug-likeness (QED) is 0.698. The average molecular weight is 289 g/mol. The molecule has 1 atom stereocenters. The third-order valence-electron chi connectivity index (χ3n) is 3.31. The Labute approximate surface area is 118 Å². The smallest absolute Gasteiger partial charge is 0.320 e. The number of rotatable bonds is 6. The molecule has 7 heteroatoms. The molecular weight excluding hydrogens is 266 g/mol. The first-order valence-electron chi connectivity index (χ1n) is 6.55. The predicted octanol–water partition coefficient (Wildman–Crippen LogP) is 0.540. The van der Waals surface area contributed by atoms with Gasteiger partial charge in [-0.3, -0.25) is 9.69 Å². The summed E-state index contributed by atoms with van der Waals surface area (Å²) in [6, 6.07) is -0.518. The van der Waals surface area contributed by atoms with Gasteiger partial charge in [-0.05, 0) is 25.4 Å². The summed E-state index contributed by atoms with van der Waals surface area (Å²) in [7, 11) is 0. The molecule has 0 radical (unpaired) electrons. The van der Waals surface area contributed by atoms with Gasteiger partial charge in [-0.2, -0.15) is 11.8 Å². The lowest BCUT2D eigenvalue weighted by Gasteiger charge is -2.36. The number of hydrogen-bond donors (Lipinski definition) is 2. The minimum Gasteiger partial charge on any atom is -0.480 e. The molecule has 1 aliphatic heterocycles. The fourth-order valence-corrected chi connectivity index (χ4v) is 2.43. The van der Waals surface area contributed by atoms with E-state index in [0.29, 0.717) is 32.7 Å². The number of carboxylic acids is 1. The number of urea groups is 1. The highest BCUT2D eigenvalue weighted by molar-refractivity contribution is 7.98. The Bertz CT molecular complexity index is 307. The second-order valence-corrected chi connectivity index (χ2v) is 5.60. The molecule has 1 fully saturated rings. The van der Waals surface area contributed by atoms with Crippen LogP contribution in [0.4, 0.5) is 4.79 Å². The Morgan fingerprint density at radius 1 is 1.32 bits per heavy atom. The van der Waals surface area contributed by atoms with E-state index >= 15 is 0 Å². The second kappa shape index (κ2) is 8.27. The summed E-state index contributed by atoms with van der Waals surface area (Å²) in [5.74, 6) is 0.236. The molecule has 0 saturated carbocycles. The van der Waals surface area contributed by atoms with Crippen LogP contribution in [-0.4, -0.2) is 77.7 Å². The van der Waals surface area contributed by atoms with Gasteiger partial charge in [0.05, 0.1) is 0 Å². The number of amides is 2. The molecule has 19 heavy (non-hydrogen) atoms. The van der Waals surface area contributed by atoms with Gasteiger partial charge < -0.3 is 15.3 Å². The molecule has 1 rings (SSSR count). The largest absolute Gasteiger partial charge is 0.480 e. The van der Waals surface area contributed by atoms with Crippen molar-refractivity contribution in [1.29, 1.82) is 0 Å². The number of piperazine rings is 1. The zero-order chi connectivity index (χ0) is 14.3. The van der Waals surface area contributed by atoms with E-state index < -0.39 is 12.0 Å². The Hall–Kier alpha value is -0.950. The van der Waals surface area contributed by atoms with E-state index in [1.54, 1.807) is 23.6 Å². The second-order valence-electron chi connectivity index (χ2n) is 4.62. The number of carbonyl (C=O) groups is 2. The molecule has 0 bridgehead atoms. The van der Waals surface area contributed by atoms with Gasteiger partial charge in [-0.1, -0.05) is 0 Å². The van der Waals surface area contributed by atoms with E-state index in [0.717, 1.165) is 12.2 Å². The summed E-state index contributed by atoms with van der Waals surface area (Å²) in [6.07, 6.45) is 3.02. The lowest BCUT2D eigenvalue weighted by molar-refractivity contribution is -0.143. The van der Waals surface area contributed by atoms with Crippen LogP contribution in [-0.2, 0) is 4.79 Å². The normalized spacial score (nSPS) is 18.1. The molecule has 1 saturated heterocycles. The Balaban J connectivity index is 2.25. The van der Waals surface area contributed by atoms with Gasteiger partial charge in [0.1, 0.15) is 6.04 Å². The third kappa shape index (κ3) is 5.28. The summed E-state index contributed by atoms with van der Waals surface area (Å²) >= 11 is 1.77. The van der Waals surface area contributed by atoms with Crippen LogP contribution in [0.3, 0.4) is 0 Å². The van der Waals surface area contributed by atoms with E-state index in [2.05, 4.69) is 5.32 Å². The van der Waals surface area contributed by atoms with Crippen LogP contribution in [0, 0.1) is 0 Å². The fraction of sp³-hybridized carbons (Fsp3) is 0.833. The Morgan fingerprint density at radius 3 is 2.47 bits per heavy atom. The van der Waals surface area contributed by atoms with Crippen LogP contribution in [0.1, 0.15) is 13.3 Å². The number of thioether (sulfide) groups is 1. The summed E-state index contributed by atoms with van der Waals surface area (Å²) in [4.78, 5) is 26.4. The highest BCUT2D eigenvalue weighted by Gasteiger charge is 2.26. The number of nitrogens with zero attached hydrogens (tertiary/aromatic N) is 2. The number of aliphatic carboxylic acids is 1. The minimum atomic E-state index is -0.810. The summed E-state index contributed by atoms with van der Waals surface area (Å²) in [6.45, 7) is 4.79. The first kappa shape index (κ1) is 16.1. The molecule has 0 aromatic carbocycles. The van der Waals surface area contributed by atoms with Crippen molar-refractivity contribution in [1.82, 2.24) is 15.1 Å². The lowest BCUT2D eigenvalue weighted by atomic mass is 10.2. The van der Waals surface area contributed by atoms with Crippen molar-refractivity contribution in [3.63, 3.8) is 0 Å². The van der Waals surface area contributed by atoms with Crippen LogP contribution < -0.4 is 5.32 Å². The van der Waals surface area contributed by atoms with Crippen molar-refractivity contribution >= 4 is 23.8 Å². The molecule has 1 heterocycles. The summed E-state index contributed by atoms with van der Waals surface area (Å²) in [5.41, 5.74) is 0. The number of carboxylic acid groups (broad SMARTS) is 1. The Kier molecular flexibility index (Phi) is 7.01. The lowest BCUT2D eigenvalue weighted by Crippen LogP contribution is -2.55.